The fraction of sp³-hybridized carbons (Fsp3) is 0.600. The molecule has 136 valence electrons. The van der Waals surface area contributed by atoms with Gasteiger partial charge in [-0.05, 0) is 6.42 Å². The first-order valence-electron chi connectivity index (χ1n) is 7.27. The van der Waals surface area contributed by atoms with Gasteiger partial charge in [0, 0.05) is 45.9 Å². The maximum atomic E-state index is 11.3. The number of nitrogens with one attached hydrogen (secondary N) is 1. The summed E-state index contributed by atoms with van der Waals surface area (Å²) in [4.78, 5) is 45.2. The molecule has 0 aliphatic rings. The second-order valence-corrected chi connectivity index (χ2v) is 4.53. The van der Waals surface area contributed by atoms with Crippen LogP contribution in [0.5, 0.6) is 0 Å². The van der Waals surface area contributed by atoms with Gasteiger partial charge < -0.3 is 24.3 Å². The first kappa shape index (κ1) is 21.7. The van der Waals surface area contributed by atoms with Gasteiger partial charge in [-0.25, -0.2) is 9.59 Å². The van der Waals surface area contributed by atoms with E-state index in [1.54, 1.807) is 0 Å². The summed E-state index contributed by atoms with van der Waals surface area (Å²) in [5.74, 6) is -2.46. The Balaban J connectivity index is 3.86. The highest BCUT2D eigenvalue weighted by atomic mass is 16.5. The van der Waals surface area contributed by atoms with Crippen molar-refractivity contribution in [1.82, 2.24) is 5.32 Å². The minimum absolute atomic E-state index is 0.241. The van der Waals surface area contributed by atoms with Gasteiger partial charge in [-0.2, -0.15) is 0 Å². The Hall–Kier alpha value is -2.26. The molecule has 0 unspecified atom stereocenters. The van der Waals surface area contributed by atoms with Crippen molar-refractivity contribution in [2.45, 2.75) is 12.8 Å². The second kappa shape index (κ2) is 14.3. The van der Waals surface area contributed by atoms with Gasteiger partial charge in [0.25, 0.3) is 5.91 Å². The molecule has 0 saturated heterocycles. The molecule has 24 heavy (non-hydrogen) atoms. The van der Waals surface area contributed by atoms with Gasteiger partial charge in [0.1, 0.15) is 6.61 Å². The van der Waals surface area contributed by atoms with Crippen LogP contribution in [0.1, 0.15) is 12.8 Å². The average Bonchev–Trinajstić information content (AvgIpc) is 2.56. The van der Waals surface area contributed by atoms with Crippen molar-refractivity contribution in [2.75, 3.05) is 47.2 Å². The minimum atomic E-state index is -0.875. The van der Waals surface area contributed by atoms with Crippen LogP contribution in [0.15, 0.2) is 12.2 Å². The zero-order chi connectivity index (χ0) is 18.2. The van der Waals surface area contributed by atoms with Crippen molar-refractivity contribution in [2.24, 2.45) is 0 Å². The van der Waals surface area contributed by atoms with E-state index in [4.69, 9.17) is 9.47 Å². The summed E-state index contributed by atoms with van der Waals surface area (Å²) in [5.41, 5.74) is 0. The summed E-state index contributed by atoms with van der Waals surface area (Å²) < 4.78 is 18.8. The van der Waals surface area contributed by atoms with Gasteiger partial charge in [0.05, 0.1) is 6.61 Å². The largest absolute Gasteiger partial charge is 0.455 e. The topological polar surface area (TPSA) is 117 Å². The normalized spacial score (nSPS) is 10.4. The number of hydrogen-bond donors (Lipinski definition) is 1. The fourth-order valence-corrected chi connectivity index (χ4v) is 1.35. The number of esters is 2. The highest BCUT2D eigenvalue weighted by Gasteiger charge is 2.07. The molecule has 9 nitrogen and oxygen atoms in total. The van der Waals surface area contributed by atoms with Gasteiger partial charge in [0.15, 0.2) is 12.4 Å². The first-order chi connectivity index (χ1) is 11.5. The van der Waals surface area contributed by atoms with Crippen LogP contribution >= 0.6 is 0 Å². The standard InChI is InChI=1S/C15H23NO8/c1-21-8-3-4-12(17)10-23-14(19)5-6-15(20)24-11-13(18)16-7-9-22-2/h5-6H,3-4,7-11H2,1-2H3,(H,16,18)/b6-5+. The lowest BCUT2D eigenvalue weighted by molar-refractivity contribution is -0.145. The molecule has 0 heterocycles. The number of carbonyl (C=O) groups excluding carboxylic acids is 4. The summed E-state index contributed by atoms with van der Waals surface area (Å²) in [7, 11) is 3.01. The molecular weight excluding hydrogens is 322 g/mol. The molecule has 0 bridgehead atoms. The third-order valence-electron chi connectivity index (χ3n) is 2.51. The minimum Gasteiger partial charge on any atom is -0.455 e. The summed E-state index contributed by atoms with van der Waals surface area (Å²) in [5, 5.41) is 2.45. The van der Waals surface area contributed by atoms with Crippen molar-refractivity contribution in [3.05, 3.63) is 12.2 Å². The molecule has 1 amide bonds. The molecule has 0 spiro atoms. The zero-order valence-electron chi connectivity index (χ0n) is 13.9. The van der Waals surface area contributed by atoms with Crippen LogP contribution in [-0.4, -0.2) is 70.8 Å². The highest BCUT2D eigenvalue weighted by molar-refractivity contribution is 5.93. The van der Waals surface area contributed by atoms with Crippen molar-refractivity contribution < 1.29 is 38.1 Å². The Morgan fingerprint density at radius 3 is 2.04 bits per heavy atom. The van der Waals surface area contributed by atoms with E-state index in [1.807, 2.05) is 0 Å². The Bertz CT molecular complexity index is 407. The molecule has 0 rings (SSSR count). The first-order valence-corrected chi connectivity index (χ1v) is 7.27. The van der Waals surface area contributed by atoms with Crippen molar-refractivity contribution >= 4 is 23.6 Å². The van der Waals surface area contributed by atoms with Gasteiger partial charge in [-0.3, -0.25) is 9.59 Å². The predicted molar refractivity (Wildman–Crippen MR) is 82.1 cm³/mol. The van der Waals surface area contributed by atoms with Gasteiger partial charge >= 0.3 is 11.9 Å². The van der Waals surface area contributed by atoms with E-state index >= 15 is 0 Å². The fourth-order valence-electron chi connectivity index (χ4n) is 1.35. The van der Waals surface area contributed by atoms with Crippen molar-refractivity contribution in [3.63, 3.8) is 0 Å². The molecule has 9 heteroatoms. The van der Waals surface area contributed by atoms with E-state index in [2.05, 4.69) is 14.8 Å². The molecule has 0 saturated carbocycles. The summed E-state index contributed by atoms with van der Waals surface area (Å²) in [6.45, 7) is 0.247. The molecular formula is C15H23NO8. The van der Waals surface area contributed by atoms with E-state index in [0.717, 1.165) is 12.2 Å². The van der Waals surface area contributed by atoms with E-state index < -0.39 is 24.5 Å². The van der Waals surface area contributed by atoms with Crippen LogP contribution in [0.2, 0.25) is 0 Å². The number of hydrogen-bond acceptors (Lipinski definition) is 8. The molecule has 0 atom stereocenters. The number of ether oxygens (including phenoxy) is 4. The van der Waals surface area contributed by atoms with E-state index in [0.29, 0.717) is 26.2 Å². The van der Waals surface area contributed by atoms with E-state index in [-0.39, 0.29) is 18.8 Å². The molecule has 0 radical (unpaired) electrons. The monoisotopic (exact) mass is 345 g/mol. The second-order valence-electron chi connectivity index (χ2n) is 4.53. The lowest BCUT2D eigenvalue weighted by Gasteiger charge is -2.04. The zero-order valence-corrected chi connectivity index (χ0v) is 13.9. The van der Waals surface area contributed by atoms with Crippen LogP contribution in [0.4, 0.5) is 0 Å². The Morgan fingerprint density at radius 1 is 0.875 bits per heavy atom. The van der Waals surface area contributed by atoms with Crippen LogP contribution < -0.4 is 5.32 Å². The van der Waals surface area contributed by atoms with Crippen molar-refractivity contribution in [1.29, 1.82) is 0 Å². The molecule has 0 aliphatic carbocycles. The number of amides is 1. The van der Waals surface area contributed by atoms with Crippen LogP contribution in [0.3, 0.4) is 0 Å². The number of ketones is 1. The van der Waals surface area contributed by atoms with Crippen LogP contribution in [0, 0.1) is 0 Å². The van der Waals surface area contributed by atoms with E-state index in [1.165, 1.54) is 14.2 Å². The molecule has 0 fully saturated rings. The van der Waals surface area contributed by atoms with Gasteiger partial charge in [0.2, 0.25) is 0 Å². The SMILES string of the molecule is COCCCC(=O)COC(=O)/C=C/C(=O)OCC(=O)NCCOC. The number of rotatable bonds is 13. The molecule has 0 aromatic heterocycles. The third kappa shape index (κ3) is 13.4. The molecule has 1 N–H and O–H groups in total. The molecule has 0 aromatic rings. The van der Waals surface area contributed by atoms with Gasteiger partial charge in [-0.1, -0.05) is 0 Å². The Kier molecular flexibility index (Phi) is 13.0. The van der Waals surface area contributed by atoms with Crippen LogP contribution in [0.25, 0.3) is 0 Å². The summed E-state index contributed by atoms with van der Waals surface area (Å²) >= 11 is 0. The quantitative estimate of drug-likeness (QED) is 0.267. The number of carbonyl (C=O) groups is 4. The van der Waals surface area contributed by atoms with E-state index in [9.17, 15) is 19.2 Å². The molecule has 0 aromatic carbocycles. The Morgan fingerprint density at radius 2 is 1.46 bits per heavy atom. The number of methoxy groups -OCH3 is 2. The average molecular weight is 345 g/mol. The third-order valence-corrected chi connectivity index (χ3v) is 2.51. The lowest BCUT2D eigenvalue weighted by atomic mass is 10.2. The summed E-state index contributed by atoms with van der Waals surface area (Å²) in [6, 6.07) is 0. The Labute approximate surface area is 140 Å². The predicted octanol–water partition coefficient (Wildman–Crippen LogP) is -0.613. The van der Waals surface area contributed by atoms with Crippen LogP contribution in [-0.2, 0) is 38.1 Å². The van der Waals surface area contributed by atoms with Gasteiger partial charge in [-0.15, -0.1) is 0 Å². The smallest absolute Gasteiger partial charge is 0.331 e. The maximum absolute atomic E-state index is 11.3. The van der Waals surface area contributed by atoms with Crippen molar-refractivity contribution in [3.8, 4) is 0 Å². The maximum Gasteiger partial charge on any atom is 0.331 e. The summed E-state index contributed by atoms with van der Waals surface area (Å²) in [6.07, 6.45) is 2.43. The highest BCUT2D eigenvalue weighted by Crippen LogP contribution is 1.93. The molecule has 0 aliphatic heterocycles. The number of Topliss-reactive ketones (excluding diaryl/α,β-unsaturated/α-hetero) is 1. The lowest BCUT2D eigenvalue weighted by Crippen LogP contribution is -2.31.